The van der Waals surface area contributed by atoms with Crippen molar-refractivity contribution in [1.29, 1.82) is 0 Å². The highest BCUT2D eigenvalue weighted by molar-refractivity contribution is 6.00. The maximum absolute atomic E-state index is 12.5. The number of esters is 1. The Morgan fingerprint density at radius 3 is 2.55 bits per heavy atom. The first-order chi connectivity index (χ1) is 13.9. The Labute approximate surface area is 167 Å². The number of ketones is 1. The van der Waals surface area contributed by atoms with Crippen LogP contribution in [0.2, 0.25) is 0 Å². The number of nitrogens with zero attached hydrogens (tertiary/aromatic N) is 1. The van der Waals surface area contributed by atoms with Crippen molar-refractivity contribution in [3.05, 3.63) is 62.7 Å². The molecular weight excluding hydrogens is 378 g/mol. The fourth-order valence-corrected chi connectivity index (χ4v) is 3.33. The lowest BCUT2D eigenvalue weighted by molar-refractivity contribution is -0.385. The van der Waals surface area contributed by atoms with Crippen LogP contribution in [0.15, 0.2) is 30.3 Å². The largest absolute Gasteiger partial charge is 0.493 e. The predicted octanol–water partition coefficient (Wildman–Crippen LogP) is 3.53. The van der Waals surface area contributed by atoms with E-state index in [1.54, 1.807) is 13.0 Å². The number of hydrogen-bond donors (Lipinski definition) is 0. The van der Waals surface area contributed by atoms with Gasteiger partial charge in [0.05, 0.1) is 24.7 Å². The molecule has 8 nitrogen and oxygen atoms in total. The van der Waals surface area contributed by atoms with Crippen LogP contribution in [0.3, 0.4) is 0 Å². The molecule has 8 heteroatoms. The van der Waals surface area contributed by atoms with Crippen molar-refractivity contribution in [2.24, 2.45) is 0 Å². The quantitative estimate of drug-likeness (QED) is 0.289. The molecule has 0 heterocycles. The highest BCUT2D eigenvalue weighted by Gasteiger charge is 2.26. The monoisotopic (exact) mass is 399 g/mol. The summed E-state index contributed by atoms with van der Waals surface area (Å²) < 4.78 is 15.5. The van der Waals surface area contributed by atoms with E-state index in [1.807, 2.05) is 12.1 Å². The maximum Gasteiger partial charge on any atom is 0.345 e. The molecule has 0 atom stereocenters. The van der Waals surface area contributed by atoms with Crippen molar-refractivity contribution in [1.82, 2.24) is 0 Å². The molecule has 0 N–H and O–H groups in total. The molecule has 0 saturated heterocycles. The minimum atomic E-state index is -0.979. The van der Waals surface area contributed by atoms with Crippen molar-refractivity contribution in [2.45, 2.75) is 26.2 Å². The summed E-state index contributed by atoms with van der Waals surface area (Å²) in [4.78, 5) is 35.5. The smallest absolute Gasteiger partial charge is 0.345 e. The second-order valence-electron chi connectivity index (χ2n) is 6.55. The summed E-state index contributed by atoms with van der Waals surface area (Å²) in [6, 6.07) is 7.75. The van der Waals surface area contributed by atoms with Crippen LogP contribution in [-0.4, -0.2) is 37.0 Å². The molecule has 2 aromatic rings. The Morgan fingerprint density at radius 2 is 1.86 bits per heavy atom. The zero-order chi connectivity index (χ0) is 21.0. The molecule has 29 heavy (non-hydrogen) atoms. The van der Waals surface area contributed by atoms with Crippen molar-refractivity contribution in [2.75, 3.05) is 20.3 Å². The predicted molar refractivity (Wildman–Crippen MR) is 104 cm³/mol. The fourth-order valence-electron chi connectivity index (χ4n) is 3.33. The zero-order valence-corrected chi connectivity index (χ0v) is 16.2. The molecule has 0 aliphatic heterocycles. The molecule has 0 fully saturated rings. The first kappa shape index (κ1) is 20.3. The van der Waals surface area contributed by atoms with E-state index in [4.69, 9.17) is 14.2 Å². The van der Waals surface area contributed by atoms with Gasteiger partial charge in [-0.05, 0) is 43.4 Å². The lowest BCUT2D eigenvalue weighted by atomic mass is 10.0. The van der Waals surface area contributed by atoms with Gasteiger partial charge in [0.25, 0.3) is 5.69 Å². The van der Waals surface area contributed by atoms with E-state index in [0.29, 0.717) is 5.56 Å². The van der Waals surface area contributed by atoms with Gasteiger partial charge in [-0.2, -0.15) is 0 Å². The van der Waals surface area contributed by atoms with Gasteiger partial charge in [0.2, 0.25) is 0 Å². The molecule has 0 radical (unpaired) electrons. The van der Waals surface area contributed by atoms with Crippen LogP contribution in [0.5, 0.6) is 11.5 Å². The average Bonchev–Trinajstić information content (AvgIpc) is 3.19. The van der Waals surface area contributed by atoms with E-state index in [0.717, 1.165) is 30.9 Å². The van der Waals surface area contributed by atoms with Gasteiger partial charge >= 0.3 is 5.97 Å². The molecule has 2 aromatic carbocycles. The molecule has 0 spiro atoms. The minimum absolute atomic E-state index is 0.146. The first-order valence-electron chi connectivity index (χ1n) is 9.26. The number of fused-ring (bicyclic) bond motifs is 1. The van der Waals surface area contributed by atoms with Crippen LogP contribution in [0.25, 0.3) is 0 Å². The van der Waals surface area contributed by atoms with Gasteiger partial charge in [0.15, 0.2) is 23.9 Å². The fraction of sp³-hybridized carbons (Fsp3) is 0.333. The third-order valence-electron chi connectivity index (χ3n) is 4.75. The third-order valence-corrected chi connectivity index (χ3v) is 4.75. The molecule has 0 unspecified atom stereocenters. The summed E-state index contributed by atoms with van der Waals surface area (Å²) in [5.41, 5.74) is 2.03. The minimum Gasteiger partial charge on any atom is -0.493 e. The summed E-state index contributed by atoms with van der Waals surface area (Å²) in [6.07, 6.45) is 2.99. The number of hydrogen-bond acceptors (Lipinski definition) is 7. The number of nitro benzene ring substituents is 1. The molecule has 0 saturated carbocycles. The standard InChI is InChI=1S/C21H21NO7/c1-3-28-20-11-17(22(25)26)16(10-19(20)27-2)21(24)29-12-18(23)15-8-7-13-5-4-6-14(13)9-15/h7-11H,3-6,12H2,1-2H3. The van der Waals surface area contributed by atoms with Crippen LogP contribution in [-0.2, 0) is 17.6 Å². The number of ether oxygens (including phenoxy) is 3. The second-order valence-corrected chi connectivity index (χ2v) is 6.55. The number of aryl methyl sites for hydroxylation is 2. The summed E-state index contributed by atoms with van der Waals surface area (Å²) in [6.45, 7) is 1.48. The van der Waals surface area contributed by atoms with Crippen LogP contribution < -0.4 is 9.47 Å². The van der Waals surface area contributed by atoms with E-state index < -0.39 is 23.2 Å². The Balaban J connectivity index is 1.77. The van der Waals surface area contributed by atoms with Gasteiger partial charge < -0.3 is 14.2 Å². The Bertz CT molecular complexity index is 968. The number of Topliss-reactive ketones (excluding diaryl/α,β-unsaturated/α-hetero) is 1. The summed E-state index contributed by atoms with van der Waals surface area (Å²) in [5, 5.41) is 11.4. The summed E-state index contributed by atoms with van der Waals surface area (Å²) >= 11 is 0. The lowest BCUT2D eigenvalue weighted by Gasteiger charge is -2.11. The van der Waals surface area contributed by atoms with Crippen molar-refractivity contribution in [3.8, 4) is 11.5 Å². The maximum atomic E-state index is 12.5. The van der Waals surface area contributed by atoms with Gasteiger partial charge in [0.1, 0.15) is 5.56 Å². The molecule has 1 aliphatic rings. The normalized spacial score (nSPS) is 12.2. The van der Waals surface area contributed by atoms with Gasteiger partial charge in [-0.3, -0.25) is 14.9 Å². The number of carbonyl (C=O) groups is 2. The van der Waals surface area contributed by atoms with Gasteiger partial charge in [-0.25, -0.2) is 4.79 Å². The molecule has 1 aliphatic carbocycles. The zero-order valence-electron chi connectivity index (χ0n) is 16.2. The number of methoxy groups -OCH3 is 1. The Kier molecular flexibility index (Phi) is 6.11. The lowest BCUT2D eigenvalue weighted by Crippen LogP contribution is -2.16. The number of carbonyl (C=O) groups excluding carboxylic acids is 2. The molecule has 0 amide bonds. The highest BCUT2D eigenvalue weighted by Crippen LogP contribution is 2.35. The SMILES string of the molecule is CCOc1cc([N+](=O)[O-])c(C(=O)OCC(=O)c2ccc3c(c2)CCC3)cc1OC. The highest BCUT2D eigenvalue weighted by atomic mass is 16.6. The Hall–Kier alpha value is -3.42. The topological polar surface area (TPSA) is 105 Å². The van der Waals surface area contributed by atoms with Gasteiger partial charge in [0, 0.05) is 11.6 Å². The van der Waals surface area contributed by atoms with Gasteiger partial charge in [-0.1, -0.05) is 12.1 Å². The number of rotatable bonds is 8. The van der Waals surface area contributed by atoms with E-state index in [-0.39, 0.29) is 29.5 Å². The van der Waals surface area contributed by atoms with E-state index in [9.17, 15) is 19.7 Å². The third kappa shape index (κ3) is 4.37. The van der Waals surface area contributed by atoms with Gasteiger partial charge in [-0.15, -0.1) is 0 Å². The van der Waals surface area contributed by atoms with E-state index in [1.165, 1.54) is 18.7 Å². The van der Waals surface area contributed by atoms with Crippen LogP contribution >= 0.6 is 0 Å². The number of nitro groups is 1. The first-order valence-corrected chi connectivity index (χ1v) is 9.26. The molecule has 0 bridgehead atoms. The van der Waals surface area contributed by atoms with E-state index >= 15 is 0 Å². The summed E-state index contributed by atoms with van der Waals surface area (Å²) in [7, 11) is 1.36. The van der Waals surface area contributed by atoms with Crippen LogP contribution in [0.1, 0.15) is 45.2 Å². The average molecular weight is 399 g/mol. The molecular formula is C21H21NO7. The molecule has 152 valence electrons. The number of benzene rings is 2. The molecule has 3 rings (SSSR count). The van der Waals surface area contributed by atoms with Crippen molar-refractivity contribution < 1.29 is 28.7 Å². The Morgan fingerprint density at radius 1 is 1.10 bits per heavy atom. The summed E-state index contributed by atoms with van der Waals surface area (Å²) in [5.74, 6) is -1.04. The second kappa shape index (κ2) is 8.72. The van der Waals surface area contributed by atoms with Crippen molar-refractivity contribution in [3.63, 3.8) is 0 Å². The van der Waals surface area contributed by atoms with Crippen LogP contribution in [0, 0.1) is 10.1 Å². The van der Waals surface area contributed by atoms with E-state index in [2.05, 4.69) is 0 Å². The van der Waals surface area contributed by atoms with Crippen LogP contribution in [0.4, 0.5) is 5.69 Å². The van der Waals surface area contributed by atoms with Crippen molar-refractivity contribution >= 4 is 17.4 Å². The molecule has 0 aromatic heterocycles.